The molecule has 0 aliphatic rings. The lowest BCUT2D eigenvalue weighted by atomic mass is 10.0. The zero-order valence-electron chi connectivity index (χ0n) is 36.6. The Labute approximate surface area is 339 Å². The number of unbranched alkanes of at least 4 members (excludes halogenated alkanes) is 26. The van der Waals surface area contributed by atoms with E-state index in [2.05, 4.69) is 26.0 Å². The van der Waals surface area contributed by atoms with E-state index in [9.17, 15) is 19.0 Å². The molecule has 10 heteroatoms. The molecule has 2 atom stereocenters. The maximum atomic E-state index is 12.7. The SMILES string of the molecule is CCCCCCCCC/C=C\CCCCCCCC(=O)OC[C@H](COP(=O)([O-])OCC[N+](C)(C)C)OC(=O)CCCCCCCCCCCCCCCCC. The van der Waals surface area contributed by atoms with E-state index < -0.39 is 26.5 Å². The lowest BCUT2D eigenvalue weighted by molar-refractivity contribution is -0.870. The lowest BCUT2D eigenvalue weighted by Crippen LogP contribution is -2.37. The normalized spacial score (nSPS) is 13.6. The van der Waals surface area contributed by atoms with Gasteiger partial charge in [0.25, 0.3) is 7.82 Å². The van der Waals surface area contributed by atoms with Crippen LogP contribution in [0.2, 0.25) is 0 Å². The molecular formula is C45H88NO8P. The van der Waals surface area contributed by atoms with Gasteiger partial charge >= 0.3 is 11.9 Å². The molecule has 0 aromatic heterocycles. The Kier molecular flexibility index (Phi) is 37.4. The molecule has 0 spiro atoms. The van der Waals surface area contributed by atoms with E-state index in [0.717, 1.165) is 51.4 Å². The van der Waals surface area contributed by atoms with Crippen LogP contribution in [0, 0.1) is 0 Å². The van der Waals surface area contributed by atoms with Crippen molar-refractivity contribution in [3.63, 3.8) is 0 Å². The minimum Gasteiger partial charge on any atom is -0.756 e. The third-order valence-electron chi connectivity index (χ3n) is 10.0. The summed E-state index contributed by atoms with van der Waals surface area (Å²) in [7, 11) is 1.17. The van der Waals surface area contributed by atoms with Crippen molar-refractivity contribution in [2.24, 2.45) is 0 Å². The van der Waals surface area contributed by atoms with Crippen LogP contribution in [-0.4, -0.2) is 70.0 Å². The highest BCUT2D eigenvalue weighted by atomic mass is 31.2. The molecule has 0 amide bonds. The van der Waals surface area contributed by atoms with Crippen LogP contribution in [0.3, 0.4) is 0 Å². The molecular weight excluding hydrogens is 713 g/mol. The molecule has 0 saturated heterocycles. The van der Waals surface area contributed by atoms with Gasteiger partial charge in [-0.3, -0.25) is 14.2 Å². The number of nitrogens with zero attached hydrogens (tertiary/aromatic N) is 1. The number of likely N-dealkylation sites (N-methyl/N-ethyl adjacent to an activating group) is 1. The molecule has 0 aromatic rings. The molecule has 9 nitrogen and oxygen atoms in total. The van der Waals surface area contributed by atoms with E-state index in [0.29, 0.717) is 17.4 Å². The number of hydrogen-bond donors (Lipinski definition) is 0. The number of quaternary nitrogens is 1. The Balaban J connectivity index is 4.32. The predicted molar refractivity (Wildman–Crippen MR) is 227 cm³/mol. The third kappa shape index (κ3) is 42.2. The van der Waals surface area contributed by atoms with E-state index in [1.807, 2.05) is 21.1 Å². The Morgan fingerprint density at radius 1 is 0.545 bits per heavy atom. The first-order valence-corrected chi connectivity index (χ1v) is 24.4. The number of rotatable bonds is 42. The van der Waals surface area contributed by atoms with Crippen LogP contribution >= 0.6 is 7.82 Å². The monoisotopic (exact) mass is 802 g/mol. The molecule has 326 valence electrons. The molecule has 0 aliphatic carbocycles. The van der Waals surface area contributed by atoms with Gasteiger partial charge in [-0.25, -0.2) is 0 Å². The lowest BCUT2D eigenvalue weighted by Gasteiger charge is -2.28. The molecule has 0 aromatic carbocycles. The Morgan fingerprint density at radius 3 is 1.35 bits per heavy atom. The van der Waals surface area contributed by atoms with Crippen LogP contribution in [0.25, 0.3) is 0 Å². The van der Waals surface area contributed by atoms with E-state index in [1.165, 1.54) is 128 Å². The fourth-order valence-corrected chi connectivity index (χ4v) is 7.14. The number of phosphoric acid groups is 1. The van der Waals surface area contributed by atoms with Crippen molar-refractivity contribution in [3.05, 3.63) is 12.2 Å². The summed E-state index contributed by atoms with van der Waals surface area (Å²) < 4.78 is 33.9. The summed E-state index contributed by atoms with van der Waals surface area (Å²) in [6.45, 7) is 4.24. The van der Waals surface area contributed by atoms with Gasteiger partial charge in [-0.2, -0.15) is 0 Å². The zero-order chi connectivity index (χ0) is 40.7. The molecule has 0 bridgehead atoms. The second-order valence-corrected chi connectivity index (χ2v) is 18.2. The highest BCUT2D eigenvalue weighted by Crippen LogP contribution is 2.38. The number of hydrogen-bond acceptors (Lipinski definition) is 8. The summed E-state index contributed by atoms with van der Waals surface area (Å²) in [6, 6.07) is 0. The van der Waals surface area contributed by atoms with Crippen LogP contribution in [0.15, 0.2) is 12.2 Å². The second kappa shape index (κ2) is 38.3. The van der Waals surface area contributed by atoms with Crippen LogP contribution in [0.1, 0.15) is 213 Å². The summed E-state index contributed by atoms with van der Waals surface area (Å²) in [4.78, 5) is 37.5. The number of esters is 2. The molecule has 0 rings (SSSR count). The van der Waals surface area contributed by atoms with Crippen LogP contribution in [-0.2, 0) is 32.7 Å². The van der Waals surface area contributed by atoms with E-state index in [1.54, 1.807) is 0 Å². The first-order chi connectivity index (χ1) is 26.5. The largest absolute Gasteiger partial charge is 0.756 e. The van der Waals surface area contributed by atoms with E-state index in [-0.39, 0.29) is 32.0 Å². The second-order valence-electron chi connectivity index (χ2n) is 16.8. The molecule has 1 unspecified atom stereocenters. The van der Waals surface area contributed by atoms with Crippen LogP contribution in [0.5, 0.6) is 0 Å². The number of carbonyl (C=O) groups excluding carboxylic acids is 2. The van der Waals surface area contributed by atoms with Crippen LogP contribution < -0.4 is 4.89 Å². The standard InChI is InChI=1S/C45H88NO8P/c1-6-8-10-12-14-16-18-20-22-24-25-27-29-31-33-35-37-44(47)51-41-43(42-53-55(49,50)52-40-39-46(3,4)5)54-45(48)38-36-34-32-30-28-26-23-21-19-17-15-13-11-9-7-2/h22,24,43H,6-21,23,25-42H2,1-5H3/b24-22-/t43-/m1/s1. The van der Waals surface area contributed by atoms with Crippen molar-refractivity contribution in [3.8, 4) is 0 Å². The predicted octanol–water partition coefficient (Wildman–Crippen LogP) is 12.3. The first kappa shape index (κ1) is 53.8. The molecule has 0 aliphatic heterocycles. The van der Waals surface area contributed by atoms with Gasteiger partial charge in [-0.1, -0.05) is 174 Å². The van der Waals surface area contributed by atoms with Gasteiger partial charge in [0.2, 0.25) is 0 Å². The van der Waals surface area contributed by atoms with Gasteiger partial charge in [0.15, 0.2) is 6.10 Å². The summed E-state index contributed by atoms with van der Waals surface area (Å²) in [5, 5.41) is 0. The average Bonchev–Trinajstić information content (AvgIpc) is 3.13. The van der Waals surface area contributed by atoms with Crippen molar-refractivity contribution in [2.45, 2.75) is 219 Å². The van der Waals surface area contributed by atoms with Gasteiger partial charge in [-0.05, 0) is 38.5 Å². The van der Waals surface area contributed by atoms with Gasteiger partial charge in [0, 0.05) is 12.8 Å². The molecule has 0 heterocycles. The van der Waals surface area contributed by atoms with Gasteiger partial charge in [-0.15, -0.1) is 0 Å². The van der Waals surface area contributed by atoms with Crippen molar-refractivity contribution in [1.82, 2.24) is 0 Å². The minimum atomic E-state index is -4.62. The van der Waals surface area contributed by atoms with Crippen molar-refractivity contribution in [2.75, 3.05) is 47.5 Å². The molecule has 0 radical (unpaired) electrons. The zero-order valence-corrected chi connectivity index (χ0v) is 37.5. The first-order valence-electron chi connectivity index (χ1n) is 22.9. The van der Waals surface area contributed by atoms with Gasteiger partial charge in [0.05, 0.1) is 27.7 Å². The maximum absolute atomic E-state index is 12.7. The fourth-order valence-electron chi connectivity index (χ4n) is 6.41. The Morgan fingerprint density at radius 2 is 0.927 bits per heavy atom. The van der Waals surface area contributed by atoms with E-state index in [4.69, 9.17) is 18.5 Å². The van der Waals surface area contributed by atoms with Gasteiger partial charge < -0.3 is 27.9 Å². The smallest absolute Gasteiger partial charge is 0.306 e. The Bertz CT molecular complexity index is 954. The quantitative estimate of drug-likeness (QED) is 0.0197. The highest BCUT2D eigenvalue weighted by molar-refractivity contribution is 7.45. The topological polar surface area (TPSA) is 111 Å². The number of allylic oxidation sites excluding steroid dienone is 2. The molecule has 55 heavy (non-hydrogen) atoms. The minimum absolute atomic E-state index is 0.0288. The van der Waals surface area contributed by atoms with Crippen molar-refractivity contribution in [1.29, 1.82) is 0 Å². The maximum Gasteiger partial charge on any atom is 0.306 e. The third-order valence-corrected chi connectivity index (χ3v) is 11.0. The number of carbonyl (C=O) groups is 2. The summed E-state index contributed by atoms with van der Waals surface area (Å²) in [5.74, 6) is -0.833. The fraction of sp³-hybridized carbons (Fsp3) is 0.911. The number of phosphoric ester groups is 1. The average molecular weight is 802 g/mol. The molecule has 0 saturated carbocycles. The van der Waals surface area contributed by atoms with E-state index >= 15 is 0 Å². The molecule has 0 fully saturated rings. The summed E-state index contributed by atoms with van der Waals surface area (Å²) in [6.07, 6.45) is 39.4. The highest BCUT2D eigenvalue weighted by Gasteiger charge is 2.21. The summed E-state index contributed by atoms with van der Waals surface area (Å²) in [5.41, 5.74) is 0. The Hall–Kier alpha value is -1.25. The van der Waals surface area contributed by atoms with Crippen LogP contribution in [0.4, 0.5) is 0 Å². The van der Waals surface area contributed by atoms with Crippen molar-refractivity contribution < 1.29 is 42.1 Å². The molecule has 0 N–H and O–H groups in total. The van der Waals surface area contributed by atoms with Crippen molar-refractivity contribution >= 4 is 19.8 Å². The summed E-state index contributed by atoms with van der Waals surface area (Å²) >= 11 is 0. The number of ether oxygens (including phenoxy) is 2. The van der Waals surface area contributed by atoms with Gasteiger partial charge in [0.1, 0.15) is 19.8 Å².